The summed E-state index contributed by atoms with van der Waals surface area (Å²) in [7, 11) is 0. The van der Waals surface area contributed by atoms with Gasteiger partial charge in [-0.2, -0.15) is 4.99 Å². The molecule has 0 aliphatic rings. The van der Waals surface area contributed by atoms with Crippen LogP contribution in [0.2, 0.25) is 0 Å². The van der Waals surface area contributed by atoms with E-state index < -0.39 is 0 Å². The molecule has 13 heavy (non-hydrogen) atoms. The van der Waals surface area contributed by atoms with Crippen LogP contribution >= 0.6 is 12.2 Å². The first kappa shape index (κ1) is 10.1. The smallest absolute Gasteiger partial charge is 0.0774 e. The van der Waals surface area contributed by atoms with Crippen LogP contribution in [0.1, 0.15) is 22.3 Å². The summed E-state index contributed by atoms with van der Waals surface area (Å²) in [6.07, 6.45) is 0. The molecule has 1 nitrogen and oxygen atoms in total. The minimum atomic E-state index is 0.940. The molecule has 2 heteroatoms. The molecule has 1 rings (SSSR count). The van der Waals surface area contributed by atoms with Gasteiger partial charge in [0.05, 0.1) is 10.8 Å². The normalized spacial score (nSPS) is 9.54. The second-order valence-electron chi connectivity index (χ2n) is 3.29. The molecule has 0 aliphatic heterocycles. The van der Waals surface area contributed by atoms with Crippen molar-refractivity contribution in [1.29, 1.82) is 0 Å². The molecule has 68 valence electrons. The number of benzene rings is 1. The number of hydrogen-bond acceptors (Lipinski definition) is 2. The quantitative estimate of drug-likeness (QED) is 0.487. The standard InChI is InChI=1S/C11H13NS/c1-7-5-11(12-6-13)10(4)9(3)8(7)2/h5H,1-4H3. The molecule has 0 spiro atoms. The zero-order chi connectivity index (χ0) is 10.0. The van der Waals surface area contributed by atoms with Gasteiger partial charge in [0.1, 0.15) is 0 Å². The third-order valence-electron chi connectivity index (χ3n) is 2.62. The molecular weight excluding hydrogens is 178 g/mol. The summed E-state index contributed by atoms with van der Waals surface area (Å²) < 4.78 is 0. The molecule has 0 saturated carbocycles. The lowest BCUT2D eigenvalue weighted by atomic mass is 9.98. The first-order valence-electron chi connectivity index (χ1n) is 4.23. The minimum Gasteiger partial charge on any atom is -0.194 e. The average molecular weight is 191 g/mol. The number of hydrogen-bond donors (Lipinski definition) is 0. The molecule has 1 aromatic carbocycles. The summed E-state index contributed by atoms with van der Waals surface area (Å²) in [4.78, 5) is 4.03. The van der Waals surface area contributed by atoms with E-state index in [2.05, 4.69) is 56.1 Å². The monoisotopic (exact) mass is 191 g/mol. The zero-order valence-corrected chi connectivity index (χ0v) is 9.25. The molecule has 0 amide bonds. The van der Waals surface area contributed by atoms with Crippen molar-refractivity contribution >= 4 is 23.1 Å². The maximum atomic E-state index is 4.60. The van der Waals surface area contributed by atoms with Crippen molar-refractivity contribution in [3.63, 3.8) is 0 Å². The van der Waals surface area contributed by atoms with Gasteiger partial charge < -0.3 is 0 Å². The molecule has 0 saturated heterocycles. The second kappa shape index (κ2) is 3.82. The number of isothiocyanates is 1. The summed E-state index contributed by atoms with van der Waals surface area (Å²) in [6.45, 7) is 8.39. The second-order valence-corrected chi connectivity index (χ2v) is 3.47. The summed E-state index contributed by atoms with van der Waals surface area (Å²) in [5.74, 6) is 0. The Kier molecular flexibility index (Phi) is 2.97. The van der Waals surface area contributed by atoms with Gasteiger partial charge >= 0.3 is 0 Å². The minimum absolute atomic E-state index is 0.940. The van der Waals surface area contributed by atoms with Crippen LogP contribution in [0.3, 0.4) is 0 Å². The van der Waals surface area contributed by atoms with E-state index in [4.69, 9.17) is 0 Å². The van der Waals surface area contributed by atoms with Crippen LogP contribution in [0.15, 0.2) is 11.1 Å². The van der Waals surface area contributed by atoms with Crippen LogP contribution in [0, 0.1) is 27.7 Å². The molecule has 0 N–H and O–H groups in total. The first-order valence-corrected chi connectivity index (χ1v) is 4.64. The van der Waals surface area contributed by atoms with Crippen LogP contribution < -0.4 is 0 Å². The summed E-state index contributed by atoms with van der Waals surface area (Å²) in [6, 6.07) is 2.05. The molecule has 0 aliphatic carbocycles. The maximum Gasteiger partial charge on any atom is 0.0774 e. The third kappa shape index (κ3) is 1.85. The van der Waals surface area contributed by atoms with Gasteiger partial charge in [-0.3, -0.25) is 0 Å². The Labute approximate surface area is 84.5 Å². The van der Waals surface area contributed by atoms with Gasteiger partial charge in [0, 0.05) is 0 Å². The molecule has 0 bridgehead atoms. The van der Waals surface area contributed by atoms with E-state index in [1.165, 1.54) is 22.3 Å². The topological polar surface area (TPSA) is 12.4 Å². The van der Waals surface area contributed by atoms with E-state index in [0.29, 0.717) is 0 Å². The van der Waals surface area contributed by atoms with Gasteiger partial charge in [0.25, 0.3) is 0 Å². The van der Waals surface area contributed by atoms with Gasteiger partial charge in [0.2, 0.25) is 0 Å². The lowest BCUT2D eigenvalue weighted by Crippen LogP contribution is -1.90. The third-order valence-corrected chi connectivity index (χ3v) is 2.71. The molecule has 1 aromatic rings. The Morgan fingerprint density at radius 3 is 2.23 bits per heavy atom. The van der Waals surface area contributed by atoms with Crippen molar-refractivity contribution in [2.45, 2.75) is 27.7 Å². The highest BCUT2D eigenvalue weighted by atomic mass is 32.1. The Morgan fingerprint density at radius 2 is 1.69 bits per heavy atom. The van der Waals surface area contributed by atoms with Crippen molar-refractivity contribution in [2.24, 2.45) is 4.99 Å². The Hall–Kier alpha value is -0.980. The largest absolute Gasteiger partial charge is 0.194 e. The maximum absolute atomic E-state index is 4.60. The number of aryl methyl sites for hydroxylation is 1. The fourth-order valence-corrected chi connectivity index (χ4v) is 1.45. The van der Waals surface area contributed by atoms with Crippen molar-refractivity contribution in [3.05, 3.63) is 28.3 Å². The Balaban J connectivity index is 3.49. The predicted molar refractivity (Wildman–Crippen MR) is 60.1 cm³/mol. The highest BCUT2D eigenvalue weighted by Crippen LogP contribution is 2.26. The highest BCUT2D eigenvalue weighted by molar-refractivity contribution is 7.78. The van der Waals surface area contributed by atoms with Gasteiger partial charge in [-0.25, -0.2) is 0 Å². The zero-order valence-electron chi connectivity index (χ0n) is 8.43. The van der Waals surface area contributed by atoms with Crippen LogP contribution in [0.25, 0.3) is 0 Å². The molecular formula is C11H13NS. The molecule has 0 heterocycles. The number of nitrogens with zero attached hydrogens (tertiary/aromatic N) is 1. The van der Waals surface area contributed by atoms with E-state index in [1.807, 2.05) is 0 Å². The predicted octanol–water partition coefficient (Wildman–Crippen LogP) is 3.65. The van der Waals surface area contributed by atoms with Gasteiger partial charge in [-0.05, 0) is 68.2 Å². The van der Waals surface area contributed by atoms with Crippen molar-refractivity contribution in [1.82, 2.24) is 0 Å². The lowest BCUT2D eigenvalue weighted by Gasteiger charge is -2.09. The van der Waals surface area contributed by atoms with Gasteiger partial charge in [0.15, 0.2) is 0 Å². The van der Waals surface area contributed by atoms with Crippen molar-refractivity contribution in [2.75, 3.05) is 0 Å². The van der Waals surface area contributed by atoms with Crippen molar-refractivity contribution in [3.8, 4) is 0 Å². The van der Waals surface area contributed by atoms with E-state index in [1.54, 1.807) is 0 Å². The van der Waals surface area contributed by atoms with Crippen LogP contribution in [-0.4, -0.2) is 5.16 Å². The van der Waals surface area contributed by atoms with Crippen LogP contribution in [0.4, 0.5) is 5.69 Å². The SMILES string of the molecule is Cc1cc(N=C=S)c(C)c(C)c1C. The number of rotatable bonds is 1. The van der Waals surface area contributed by atoms with Crippen molar-refractivity contribution < 1.29 is 0 Å². The van der Waals surface area contributed by atoms with Gasteiger partial charge in [-0.1, -0.05) is 0 Å². The summed E-state index contributed by atoms with van der Waals surface area (Å²) in [5.41, 5.74) is 6.02. The molecule has 0 aromatic heterocycles. The van der Waals surface area contributed by atoms with Crippen LogP contribution in [-0.2, 0) is 0 Å². The van der Waals surface area contributed by atoms with Gasteiger partial charge in [-0.15, -0.1) is 0 Å². The van der Waals surface area contributed by atoms with Crippen LogP contribution in [0.5, 0.6) is 0 Å². The molecule has 0 fully saturated rings. The molecule has 0 radical (unpaired) electrons. The Morgan fingerprint density at radius 1 is 1.08 bits per heavy atom. The van der Waals surface area contributed by atoms with E-state index in [0.717, 1.165) is 5.69 Å². The number of aliphatic imine (C=N–C) groups is 1. The highest BCUT2D eigenvalue weighted by Gasteiger charge is 2.05. The van der Waals surface area contributed by atoms with E-state index >= 15 is 0 Å². The number of thiocarbonyl (C=S) groups is 1. The van der Waals surface area contributed by atoms with E-state index in [-0.39, 0.29) is 0 Å². The first-order chi connectivity index (χ1) is 6.07. The average Bonchev–Trinajstić information content (AvgIpc) is 2.11. The van der Waals surface area contributed by atoms with E-state index in [9.17, 15) is 0 Å². The summed E-state index contributed by atoms with van der Waals surface area (Å²) >= 11 is 4.60. The molecule has 0 atom stereocenters. The fraction of sp³-hybridized carbons (Fsp3) is 0.364. The fourth-order valence-electron chi connectivity index (χ4n) is 1.36. The Bertz CT molecular complexity index is 388. The lowest BCUT2D eigenvalue weighted by molar-refractivity contribution is 1.21. The summed E-state index contributed by atoms with van der Waals surface area (Å²) in [5, 5.41) is 2.41. The molecule has 0 unspecified atom stereocenters.